The van der Waals surface area contributed by atoms with Gasteiger partial charge in [-0.05, 0) is 24.3 Å². The average molecular weight is 256 g/mol. The summed E-state index contributed by atoms with van der Waals surface area (Å²) in [6.45, 7) is 12.3. The van der Waals surface area contributed by atoms with Gasteiger partial charge < -0.3 is 5.32 Å². The minimum atomic E-state index is 0. The zero-order valence-electron chi connectivity index (χ0n) is 11.7. The third-order valence-corrected chi connectivity index (χ3v) is 3.09. The summed E-state index contributed by atoms with van der Waals surface area (Å²) in [5.74, 6) is 0. The van der Waals surface area contributed by atoms with Crippen molar-refractivity contribution in [2.24, 2.45) is 5.41 Å². The van der Waals surface area contributed by atoms with E-state index in [9.17, 15) is 0 Å². The predicted molar refractivity (Wildman–Crippen MR) is 78.8 cm³/mol. The van der Waals surface area contributed by atoms with Gasteiger partial charge in [0.15, 0.2) is 0 Å². The van der Waals surface area contributed by atoms with Crippen molar-refractivity contribution in [1.82, 2.24) is 5.32 Å². The van der Waals surface area contributed by atoms with Crippen LogP contribution in [0.3, 0.4) is 0 Å². The standard InChI is InChI=1S/C15H25N.ClH/c1-6-14(15(3,4)5)16-11-13-9-7-8-12(2)10-13;/h7-10,14,16H,6,11H2,1-5H3;1H. The number of benzene rings is 1. The van der Waals surface area contributed by atoms with Gasteiger partial charge in [-0.15, -0.1) is 12.4 Å². The molecule has 2 heteroatoms. The van der Waals surface area contributed by atoms with E-state index in [4.69, 9.17) is 0 Å². The van der Waals surface area contributed by atoms with E-state index in [1.165, 1.54) is 17.5 Å². The van der Waals surface area contributed by atoms with Crippen LogP contribution in [-0.2, 0) is 6.54 Å². The molecule has 1 nitrogen and oxygen atoms in total. The SMILES string of the molecule is CCC(NCc1cccc(C)c1)C(C)(C)C.Cl. The van der Waals surface area contributed by atoms with Gasteiger partial charge in [0.2, 0.25) is 0 Å². The molecule has 0 amide bonds. The monoisotopic (exact) mass is 255 g/mol. The Hall–Kier alpha value is -0.530. The molecule has 0 saturated carbocycles. The maximum Gasteiger partial charge on any atom is 0.0208 e. The fourth-order valence-electron chi connectivity index (χ4n) is 2.13. The van der Waals surface area contributed by atoms with Crippen LogP contribution < -0.4 is 5.32 Å². The van der Waals surface area contributed by atoms with E-state index >= 15 is 0 Å². The summed E-state index contributed by atoms with van der Waals surface area (Å²) < 4.78 is 0. The first-order chi connectivity index (χ1) is 7.43. The molecule has 0 saturated heterocycles. The van der Waals surface area contributed by atoms with E-state index in [1.54, 1.807) is 0 Å². The Morgan fingerprint density at radius 2 is 1.88 bits per heavy atom. The maximum absolute atomic E-state index is 3.65. The van der Waals surface area contributed by atoms with Crippen LogP contribution in [-0.4, -0.2) is 6.04 Å². The molecule has 0 aliphatic carbocycles. The number of halogens is 1. The van der Waals surface area contributed by atoms with E-state index < -0.39 is 0 Å². The largest absolute Gasteiger partial charge is 0.309 e. The molecular weight excluding hydrogens is 230 g/mol. The lowest BCUT2D eigenvalue weighted by Gasteiger charge is -2.31. The molecule has 1 atom stereocenters. The molecular formula is C15H26ClN. The second kappa shape index (κ2) is 7.03. The summed E-state index contributed by atoms with van der Waals surface area (Å²) in [6.07, 6.45) is 1.18. The van der Waals surface area contributed by atoms with Crippen molar-refractivity contribution < 1.29 is 0 Å². The van der Waals surface area contributed by atoms with Crippen molar-refractivity contribution in [3.05, 3.63) is 35.4 Å². The summed E-state index contributed by atoms with van der Waals surface area (Å²) in [4.78, 5) is 0. The van der Waals surface area contributed by atoms with Gasteiger partial charge in [0.1, 0.15) is 0 Å². The minimum absolute atomic E-state index is 0. The summed E-state index contributed by atoms with van der Waals surface area (Å²) in [7, 11) is 0. The normalized spacial score (nSPS) is 13.0. The molecule has 1 unspecified atom stereocenters. The van der Waals surface area contributed by atoms with E-state index in [1.807, 2.05) is 0 Å². The van der Waals surface area contributed by atoms with Gasteiger partial charge in [0, 0.05) is 12.6 Å². The van der Waals surface area contributed by atoms with Crippen LogP contribution in [0.25, 0.3) is 0 Å². The van der Waals surface area contributed by atoms with Gasteiger partial charge in [-0.25, -0.2) is 0 Å². The lowest BCUT2D eigenvalue weighted by atomic mass is 9.85. The highest BCUT2D eigenvalue weighted by Gasteiger charge is 2.21. The summed E-state index contributed by atoms with van der Waals surface area (Å²) in [5.41, 5.74) is 3.05. The molecule has 98 valence electrons. The highest BCUT2D eigenvalue weighted by Crippen LogP contribution is 2.21. The summed E-state index contributed by atoms with van der Waals surface area (Å²) >= 11 is 0. The Balaban J connectivity index is 0.00000256. The molecule has 1 N–H and O–H groups in total. The van der Waals surface area contributed by atoms with Crippen LogP contribution in [0.4, 0.5) is 0 Å². The molecule has 1 rings (SSSR count). The van der Waals surface area contributed by atoms with Crippen molar-refractivity contribution in [2.75, 3.05) is 0 Å². The molecule has 0 spiro atoms. The predicted octanol–water partition coefficient (Wildman–Crippen LogP) is 4.33. The number of nitrogens with one attached hydrogen (secondary N) is 1. The maximum atomic E-state index is 3.65. The Morgan fingerprint density at radius 1 is 1.24 bits per heavy atom. The zero-order valence-corrected chi connectivity index (χ0v) is 12.5. The van der Waals surface area contributed by atoms with Gasteiger partial charge in [-0.3, -0.25) is 0 Å². The fourth-order valence-corrected chi connectivity index (χ4v) is 2.13. The van der Waals surface area contributed by atoms with E-state index in [2.05, 4.69) is 64.2 Å². The first kappa shape index (κ1) is 16.5. The molecule has 0 aromatic heterocycles. The Labute approximate surface area is 112 Å². The third-order valence-electron chi connectivity index (χ3n) is 3.09. The zero-order chi connectivity index (χ0) is 12.2. The smallest absolute Gasteiger partial charge is 0.0208 e. The number of aryl methyl sites for hydroxylation is 1. The third kappa shape index (κ3) is 5.56. The molecule has 0 aliphatic heterocycles. The molecule has 1 aromatic carbocycles. The first-order valence-electron chi connectivity index (χ1n) is 6.22. The second-order valence-corrected chi connectivity index (χ2v) is 5.70. The summed E-state index contributed by atoms with van der Waals surface area (Å²) in [6, 6.07) is 9.29. The highest BCUT2D eigenvalue weighted by atomic mass is 35.5. The van der Waals surface area contributed by atoms with Gasteiger partial charge >= 0.3 is 0 Å². The van der Waals surface area contributed by atoms with Crippen molar-refractivity contribution in [1.29, 1.82) is 0 Å². The average Bonchev–Trinajstić information content (AvgIpc) is 2.16. The molecule has 0 bridgehead atoms. The fraction of sp³-hybridized carbons (Fsp3) is 0.600. The lowest BCUT2D eigenvalue weighted by molar-refractivity contribution is 0.259. The Bertz CT molecular complexity index is 328. The van der Waals surface area contributed by atoms with Crippen LogP contribution in [0.2, 0.25) is 0 Å². The van der Waals surface area contributed by atoms with Crippen LogP contribution in [0.5, 0.6) is 0 Å². The second-order valence-electron chi connectivity index (χ2n) is 5.70. The Morgan fingerprint density at radius 3 is 2.35 bits per heavy atom. The van der Waals surface area contributed by atoms with E-state index in [-0.39, 0.29) is 12.4 Å². The number of hydrogen-bond donors (Lipinski definition) is 1. The van der Waals surface area contributed by atoms with E-state index in [0.29, 0.717) is 11.5 Å². The van der Waals surface area contributed by atoms with E-state index in [0.717, 1.165) is 6.54 Å². The van der Waals surface area contributed by atoms with Crippen LogP contribution >= 0.6 is 12.4 Å². The molecule has 1 aromatic rings. The summed E-state index contributed by atoms with van der Waals surface area (Å²) in [5, 5.41) is 3.65. The van der Waals surface area contributed by atoms with Crippen molar-refractivity contribution >= 4 is 12.4 Å². The lowest BCUT2D eigenvalue weighted by Crippen LogP contribution is -2.39. The molecule has 17 heavy (non-hydrogen) atoms. The molecule has 0 radical (unpaired) electrons. The number of hydrogen-bond acceptors (Lipinski definition) is 1. The van der Waals surface area contributed by atoms with Gasteiger partial charge in [-0.1, -0.05) is 57.5 Å². The number of rotatable bonds is 4. The van der Waals surface area contributed by atoms with Crippen LogP contribution in [0, 0.1) is 12.3 Å². The molecule has 0 aliphatic rings. The quantitative estimate of drug-likeness (QED) is 0.845. The molecule has 0 fully saturated rings. The first-order valence-corrected chi connectivity index (χ1v) is 6.22. The van der Waals surface area contributed by atoms with Crippen molar-refractivity contribution in [3.8, 4) is 0 Å². The molecule has 0 heterocycles. The van der Waals surface area contributed by atoms with Crippen molar-refractivity contribution in [2.45, 2.75) is 53.6 Å². The minimum Gasteiger partial charge on any atom is -0.309 e. The van der Waals surface area contributed by atoms with Crippen LogP contribution in [0.1, 0.15) is 45.2 Å². The van der Waals surface area contributed by atoms with Gasteiger partial charge in [0.05, 0.1) is 0 Å². The van der Waals surface area contributed by atoms with Crippen LogP contribution in [0.15, 0.2) is 24.3 Å². The van der Waals surface area contributed by atoms with Gasteiger partial charge in [-0.2, -0.15) is 0 Å². The van der Waals surface area contributed by atoms with Gasteiger partial charge in [0.25, 0.3) is 0 Å². The van der Waals surface area contributed by atoms with Crippen molar-refractivity contribution in [3.63, 3.8) is 0 Å². The Kier molecular flexibility index (Phi) is 6.81. The topological polar surface area (TPSA) is 12.0 Å². The highest BCUT2D eigenvalue weighted by molar-refractivity contribution is 5.85.